The molecule has 2 aromatic rings. The van der Waals surface area contributed by atoms with Gasteiger partial charge in [-0.05, 0) is 55.7 Å². The van der Waals surface area contributed by atoms with Gasteiger partial charge in [0.05, 0.1) is 5.56 Å². The average Bonchev–Trinajstić information content (AvgIpc) is 2.39. The number of carbonyl (C=O) groups excluding carboxylic acids is 1. The van der Waals surface area contributed by atoms with Crippen molar-refractivity contribution in [2.75, 3.05) is 5.32 Å². The third-order valence-electron chi connectivity index (χ3n) is 3.23. The molecule has 0 atom stereocenters. The Morgan fingerprint density at radius 1 is 1.10 bits per heavy atom. The molecule has 0 unspecified atom stereocenters. The van der Waals surface area contributed by atoms with Crippen LogP contribution in [0.4, 0.5) is 10.1 Å². The standard InChI is InChI=1S/C16H16FNO2/c1-9-5-4-6-12(15(9)17)16(20)18-13-7-11(3)14(19)8-10(13)2/h4-8,19H,1-3H3,(H,18,20). The lowest BCUT2D eigenvalue weighted by molar-refractivity contribution is 0.102. The van der Waals surface area contributed by atoms with E-state index >= 15 is 0 Å². The minimum absolute atomic E-state index is 0.00938. The highest BCUT2D eigenvalue weighted by atomic mass is 19.1. The molecule has 0 saturated carbocycles. The quantitative estimate of drug-likeness (QED) is 0.819. The molecule has 0 aliphatic heterocycles. The van der Waals surface area contributed by atoms with Crippen molar-refractivity contribution in [3.8, 4) is 5.75 Å². The molecule has 1 amide bonds. The number of anilines is 1. The van der Waals surface area contributed by atoms with Crippen LogP contribution in [-0.2, 0) is 0 Å². The van der Waals surface area contributed by atoms with E-state index in [-0.39, 0.29) is 11.3 Å². The summed E-state index contributed by atoms with van der Waals surface area (Å²) in [5, 5.41) is 12.3. The Balaban J connectivity index is 2.33. The zero-order valence-corrected chi connectivity index (χ0v) is 11.6. The number of phenols is 1. The maximum absolute atomic E-state index is 13.9. The Labute approximate surface area is 117 Å². The summed E-state index contributed by atoms with van der Waals surface area (Å²) < 4.78 is 13.9. The summed E-state index contributed by atoms with van der Waals surface area (Å²) in [7, 11) is 0. The van der Waals surface area contributed by atoms with Crippen LogP contribution >= 0.6 is 0 Å². The lowest BCUT2D eigenvalue weighted by atomic mass is 10.1. The van der Waals surface area contributed by atoms with Gasteiger partial charge in [0.25, 0.3) is 5.91 Å². The Kier molecular flexibility index (Phi) is 3.74. The molecule has 0 aliphatic carbocycles. The molecule has 0 spiro atoms. The van der Waals surface area contributed by atoms with Gasteiger partial charge in [-0.25, -0.2) is 4.39 Å². The van der Waals surface area contributed by atoms with Crippen LogP contribution in [0.15, 0.2) is 30.3 Å². The van der Waals surface area contributed by atoms with Crippen LogP contribution in [0, 0.1) is 26.6 Å². The second-order valence-electron chi connectivity index (χ2n) is 4.84. The van der Waals surface area contributed by atoms with E-state index in [1.165, 1.54) is 6.07 Å². The average molecular weight is 273 g/mol. The molecule has 2 rings (SSSR count). The van der Waals surface area contributed by atoms with Crippen LogP contribution in [0.3, 0.4) is 0 Å². The summed E-state index contributed by atoms with van der Waals surface area (Å²) in [5.74, 6) is -0.847. The number of amides is 1. The number of aryl methyl sites for hydroxylation is 3. The molecular weight excluding hydrogens is 257 g/mol. The summed E-state index contributed by atoms with van der Waals surface area (Å²) in [6.45, 7) is 5.11. The highest BCUT2D eigenvalue weighted by molar-refractivity contribution is 6.05. The van der Waals surface area contributed by atoms with Gasteiger partial charge >= 0.3 is 0 Å². The second kappa shape index (κ2) is 5.33. The summed E-state index contributed by atoms with van der Waals surface area (Å²) in [4.78, 5) is 12.1. The lowest BCUT2D eigenvalue weighted by Gasteiger charge is -2.11. The molecular formula is C16H16FNO2. The van der Waals surface area contributed by atoms with E-state index in [0.717, 1.165) is 5.56 Å². The van der Waals surface area contributed by atoms with Gasteiger partial charge in [-0.15, -0.1) is 0 Å². The molecule has 0 radical (unpaired) electrons. The molecule has 2 aromatic carbocycles. The third kappa shape index (κ3) is 2.64. The van der Waals surface area contributed by atoms with Gasteiger partial charge in [0.1, 0.15) is 11.6 Å². The summed E-state index contributed by atoms with van der Waals surface area (Å²) in [6, 6.07) is 7.93. The van der Waals surface area contributed by atoms with Crippen molar-refractivity contribution in [3.63, 3.8) is 0 Å². The van der Waals surface area contributed by atoms with E-state index < -0.39 is 11.7 Å². The Morgan fingerprint density at radius 3 is 2.50 bits per heavy atom. The van der Waals surface area contributed by atoms with Gasteiger partial charge in [0, 0.05) is 5.69 Å². The van der Waals surface area contributed by atoms with E-state index in [2.05, 4.69) is 5.32 Å². The van der Waals surface area contributed by atoms with Gasteiger partial charge in [0.15, 0.2) is 0 Å². The smallest absolute Gasteiger partial charge is 0.258 e. The van der Waals surface area contributed by atoms with Crippen molar-refractivity contribution >= 4 is 11.6 Å². The Bertz CT molecular complexity index is 680. The number of hydrogen-bond donors (Lipinski definition) is 2. The van der Waals surface area contributed by atoms with E-state index in [4.69, 9.17) is 0 Å². The first-order chi connectivity index (χ1) is 9.40. The molecule has 0 saturated heterocycles. The van der Waals surface area contributed by atoms with Gasteiger partial charge in [-0.1, -0.05) is 12.1 Å². The fourth-order valence-corrected chi connectivity index (χ4v) is 1.95. The minimum Gasteiger partial charge on any atom is -0.508 e. The molecule has 0 heterocycles. The van der Waals surface area contributed by atoms with Crippen molar-refractivity contribution < 1.29 is 14.3 Å². The molecule has 2 N–H and O–H groups in total. The number of carbonyl (C=O) groups is 1. The van der Waals surface area contributed by atoms with Crippen LogP contribution in [0.25, 0.3) is 0 Å². The number of aromatic hydroxyl groups is 1. The molecule has 3 nitrogen and oxygen atoms in total. The minimum atomic E-state index is -0.516. The van der Waals surface area contributed by atoms with Crippen LogP contribution in [0.2, 0.25) is 0 Å². The monoisotopic (exact) mass is 273 g/mol. The van der Waals surface area contributed by atoms with Crippen molar-refractivity contribution in [3.05, 3.63) is 58.4 Å². The van der Waals surface area contributed by atoms with Gasteiger partial charge < -0.3 is 10.4 Å². The van der Waals surface area contributed by atoms with Crippen LogP contribution in [0.1, 0.15) is 27.0 Å². The third-order valence-corrected chi connectivity index (χ3v) is 3.23. The number of rotatable bonds is 2. The predicted octanol–water partition coefficient (Wildman–Crippen LogP) is 3.71. The van der Waals surface area contributed by atoms with E-state index in [1.54, 1.807) is 45.0 Å². The molecule has 0 aliphatic rings. The lowest BCUT2D eigenvalue weighted by Crippen LogP contribution is -2.15. The SMILES string of the molecule is Cc1cc(NC(=O)c2cccc(C)c2F)c(C)cc1O. The van der Waals surface area contributed by atoms with Crippen LogP contribution < -0.4 is 5.32 Å². The van der Waals surface area contributed by atoms with Crippen molar-refractivity contribution in [2.24, 2.45) is 0 Å². The molecule has 0 aromatic heterocycles. The number of benzene rings is 2. The highest BCUT2D eigenvalue weighted by Crippen LogP contribution is 2.25. The second-order valence-corrected chi connectivity index (χ2v) is 4.84. The van der Waals surface area contributed by atoms with Gasteiger partial charge in [0.2, 0.25) is 0 Å². The Hall–Kier alpha value is -2.36. The fourth-order valence-electron chi connectivity index (χ4n) is 1.95. The maximum Gasteiger partial charge on any atom is 0.258 e. The zero-order chi connectivity index (χ0) is 14.9. The first kappa shape index (κ1) is 14.1. The zero-order valence-electron chi connectivity index (χ0n) is 11.6. The summed E-state index contributed by atoms with van der Waals surface area (Å²) >= 11 is 0. The van der Waals surface area contributed by atoms with Crippen molar-refractivity contribution in [2.45, 2.75) is 20.8 Å². The van der Waals surface area contributed by atoms with E-state index in [9.17, 15) is 14.3 Å². The maximum atomic E-state index is 13.9. The molecule has 4 heteroatoms. The van der Waals surface area contributed by atoms with Gasteiger partial charge in [-0.3, -0.25) is 4.79 Å². The number of nitrogens with one attached hydrogen (secondary N) is 1. The van der Waals surface area contributed by atoms with E-state index in [1.807, 2.05) is 0 Å². The van der Waals surface area contributed by atoms with Crippen LogP contribution in [-0.4, -0.2) is 11.0 Å². The molecule has 0 bridgehead atoms. The van der Waals surface area contributed by atoms with Gasteiger partial charge in [-0.2, -0.15) is 0 Å². The topological polar surface area (TPSA) is 49.3 Å². The molecule has 104 valence electrons. The summed E-state index contributed by atoms with van der Waals surface area (Å²) in [6.07, 6.45) is 0. The number of hydrogen-bond acceptors (Lipinski definition) is 2. The number of halogens is 1. The van der Waals surface area contributed by atoms with Crippen molar-refractivity contribution in [1.29, 1.82) is 0 Å². The number of phenolic OH excluding ortho intramolecular Hbond substituents is 1. The molecule has 0 fully saturated rings. The van der Waals surface area contributed by atoms with Crippen molar-refractivity contribution in [1.82, 2.24) is 0 Å². The first-order valence-electron chi connectivity index (χ1n) is 6.27. The molecule has 20 heavy (non-hydrogen) atoms. The summed E-state index contributed by atoms with van der Waals surface area (Å²) in [5.41, 5.74) is 2.36. The fraction of sp³-hybridized carbons (Fsp3) is 0.188. The van der Waals surface area contributed by atoms with Crippen LogP contribution in [0.5, 0.6) is 5.75 Å². The first-order valence-corrected chi connectivity index (χ1v) is 6.27. The normalized spacial score (nSPS) is 10.4. The van der Waals surface area contributed by atoms with E-state index in [0.29, 0.717) is 16.8 Å². The highest BCUT2D eigenvalue weighted by Gasteiger charge is 2.14. The predicted molar refractivity (Wildman–Crippen MR) is 76.7 cm³/mol. The Morgan fingerprint density at radius 2 is 1.80 bits per heavy atom. The largest absolute Gasteiger partial charge is 0.508 e.